The number of nitrogens with zero attached hydrogens (tertiary/aromatic N) is 2. The first-order valence-corrected chi connectivity index (χ1v) is 9.89. The summed E-state index contributed by atoms with van der Waals surface area (Å²) in [4.78, 5) is 2.60. The molecule has 0 aliphatic carbocycles. The van der Waals surface area contributed by atoms with Crippen molar-refractivity contribution in [3.8, 4) is 0 Å². The largest absolute Gasteiger partial charge is 0.310 e. The lowest BCUT2D eigenvalue weighted by molar-refractivity contribution is 0.222. The maximum Gasteiger partial charge on any atom is 0.243 e. The lowest BCUT2D eigenvalue weighted by Gasteiger charge is -2.32. The van der Waals surface area contributed by atoms with E-state index in [0.29, 0.717) is 30.6 Å². The normalized spacial score (nSPS) is 18.9. The second-order valence-electron chi connectivity index (χ2n) is 6.39. The highest BCUT2D eigenvalue weighted by Gasteiger charge is 2.29. The van der Waals surface area contributed by atoms with Crippen molar-refractivity contribution in [2.45, 2.75) is 44.2 Å². The third kappa shape index (κ3) is 4.76. The molecule has 0 saturated carbocycles. The van der Waals surface area contributed by atoms with E-state index >= 15 is 0 Å². The molecule has 1 aliphatic rings. The van der Waals surface area contributed by atoms with E-state index in [1.54, 1.807) is 10.4 Å². The van der Waals surface area contributed by atoms with Crippen molar-refractivity contribution in [2.24, 2.45) is 0 Å². The molecule has 1 heterocycles. The molecule has 0 spiro atoms. The number of rotatable bonds is 7. The monoisotopic (exact) mass is 339 g/mol. The Labute approximate surface area is 140 Å². The molecule has 1 atom stereocenters. The number of piperazine rings is 1. The molecule has 6 heteroatoms. The molecule has 1 saturated heterocycles. The summed E-state index contributed by atoms with van der Waals surface area (Å²) in [7, 11) is -1.38. The van der Waals surface area contributed by atoms with Gasteiger partial charge in [-0.3, -0.25) is 0 Å². The number of hydrogen-bond acceptors (Lipinski definition) is 4. The van der Waals surface area contributed by atoms with Gasteiger partial charge in [0.1, 0.15) is 0 Å². The van der Waals surface area contributed by atoms with Crippen LogP contribution in [0.5, 0.6) is 0 Å². The van der Waals surface area contributed by atoms with Gasteiger partial charge in [0.2, 0.25) is 10.0 Å². The molecule has 0 bridgehead atoms. The van der Waals surface area contributed by atoms with Gasteiger partial charge >= 0.3 is 0 Å². The Morgan fingerprint density at radius 1 is 1.17 bits per heavy atom. The van der Waals surface area contributed by atoms with Crippen molar-refractivity contribution < 1.29 is 8.42 Å². The smallest absolute Gasteiger partial charge is 0.243 e. The predicted octanol–water partition coefficient (Wildman–Crippen LogP) is 1.90. The zero-order valence-corrected chi connectivity index (χ0v) is 15.3. The van der Waals surface area contributed by atoms with Crippen molar-refractivity contribution in [2.75, 3.05) is 33.2 Å². The third-order valence-electron chi connectivity index (χ3n) is 4.42. The Balaban J connectivity index is 2.15. The molecule has 23 heavy (non-hydrogen) atoms. The van der Waals surface area contributed by atoms with Gasteiger partial charge in [0.25, 0.3) is 0 Å². The molecule has 1 aliphatic heterocycles. The van der Waals surface area contributed by atoms with Gasteiger partial charge in [-0.1, -0.05) is 31.5 Å². The summed E-state index contributed by atoms with van der Waals surface area (Å²) in [6.45, 7) is 7.58. The predicted molar refractivity (Wildman–Crippen MR) is 93.9 cm³/mol. The number of sulfonamides is 1. The second-order valence-corrected chi connectivity index (χ2v) is 8.29. The first kappa shape index (κ1) is 18.4. The Hall–Kier alpha value is -0.950. The maximum atomic E-state index is 13.0. The molecule has 2 rings (SSSR count). The second kappa shape index (κ2) is 8.24. The lowest BCUT2D eigenvalue weighted by Crippen LogP contribution is -2.47. The van der Waals surface area contributed by atoms with E-state index < -0.39 is 10.0 Å². The fourth-order valence-corrected chi connectivity index (χ4v) is 4.53. The molecule has 130 valence electrons. The van der Waals surface area contributed by atoms with Gasteiger partial charge in [0, 0.05) is 38.8 Å². The van der Waals surface area contributed by atoms with Gasteiger partial charge in [-0.15, -0.1) is 0 Å². The first-order valence-electron chi connectivity index (χ1n) is 8.45. The van der Waals surface area contributed by atoms with Gasteiger partial charge in [0.05, 0.1) is 4.90 Å². The molecule has 1 aromatic carbocycles. The Morgan fingerprint density at radius 3 is 2.48 bits per heavy atom. The minimum absolute atomic E-state index is 0.388. The van der Waals surface area contributed by atoms with Gasteiger partial charge in [-0.25, -0.2) is 8.42 Å². The van der Waals surface area contributed by atoms with E-state index in [-0.39, 0.29) is 0 Å². The summed E-state index contributed by atoms with van der Waals surface area (Å²) in [6, 6.07) is 7.75. The Kier molecular flexibility index (Phi) is 6.59. The molecule has 0 radical (unpaired) electrons. The van der Waals surface area contributed by atoms with Crippen molar-refractivity contribution in [1.82, 2.24) is 14.5 Å². The first-order chi connectivity index (χ1) is 10.9. The minimum Gasteiger partial charge on any atom is -0.310 e. The van der Waals surface area contributed by atoms with Crippen LogP contribution >= 0.6 is 0 Å². The highest BCUT2D eigenvalue weighted by molar-refractivity contribution is 7.89. The fraction of sp³-hybridized carbons (Fsp3) is 0.647. The lowest BCUT2D eigenvalue weighted by atomic mass is 10.1. The van der Waals surface area contributed by atoms with Crippen molar-refractivity contribution in [3.63, 3.8) is 0 Å². The van der Waals surface area contributed by atoms with Crippen molar-refractivity contribution >= 4 is 10.0 Å². The highest BCUT2D eigenvalue weighted by atomic mass is 32.2. The standard InChI is InChI=1S/C17H29N3O2S/c1-4-7-15(2)18-14-16-8-5-6-9-17(16)23(21,22)20-12-10-19(3)11-13-20/h5-6,8-9,15,18H,4,7,10-14H2,1-3H3/t15-/m0/s1. The summed E-state index contributed by atoms with van der Waals surface area (Å²) in [5.41, 5.74) is 0.856. The molecule has 0 amide bonds. The molecular formula is C17H29N3O2S. The summed E-state index contributed by atoms with van der Waals surface area (Å²) in [6.07, 6.45) is 2.21. The third-order valence-corrected chi connectivity index (χ3v) is 6.41. The zero-order valence-electron chi connectivity index (χ0n) is 14.5. The van der Waals surface area contributed by atoms with Crippen LogP contribution in [-0.2, 0) is 16.6 Å². The topological polar surface area (TPSA) is 52.7 Å². The van der Waals surface area contributed by atoms with E-state index in [0.717, 1.165) is 31.5 Å². The highest BCUT2D eigenvalue weighted by Crippen LogP contribution is 2.21. The van der Waals surface area contributed by atoms with Crippen LogP contribution in [0.15, 0.2) is 29.2 Å². The molecule has 1 fully saturated rings. The van der Waals surface area contributed by atoms with Gasteiger partial charge in [-0.2, -0.15) is 4.31 Å². The average molecular weight is 340 g/mol. The summed E-state index contributed by atoms with van der Waals surface area (Å²) < 4.78 is 27.5. The SMILES string of the molecule is CCC[C@H](C)NCc1ccccc1S(=O)(=O)N1CCN(C)CC1. The van der Waals surface area contributed by atoms with E-state index in [2.05, 4.69) is 24.1 Å². The van der Waals surface area contributed by atoms with Crippen LogP contribution in [0.2, 0.25) is 0 Å². The van der Waals surface area contributed by atoms with Crippen LogP contribution in [0.3, 0.4) is 0 Å². The van der Waals surface area contributed by atoms with Crippen LogP contribution in [-0.4, -0.2) is 56.9 Å². The van der Waals surface area contributed by atoms with Crippen molar-refractivity contribution in [1.29, 1.82) is 0 Å². The van der Waals surface area contributed by atoms with Crippen LogP contribution in [0.4, 0.5) is 0 Å². The molecule has 1 aromatic rings. The number of likely N-dealkylation sites (N-methyl/N-ethyl adjacent to an activating group) is 1. The summed E-state index contributed by atoms with van der Waals surface area (Å²) in [5.74, 6) is 0. The van der Waals surface area contributed by atoms with Crippen molar-refractivity contribution in [3.05, 3.63) is 29.8 Å². The summed E-state index contributed by atoms with van der Waals surface area (Å²) >= 11 is 0. The van der Waals surface area contributed by atoms with Gasteiger partial charge in [0.15, 0.2) is 0 Å². The molecule has 0 aromatic heterocycles. The van der Waals surface area contributed by atoms with E-state index in [1.165, 1.54) is 0 Å². The Bertz CT molecular complexity index is 596. The van der Waals surface area contributed by atoms with E-state index in [9.17, 15) is 8.42 Å². The van der Waals surface area contributed by atoms with E-state index in [1.807, 2.05) is 25.2 Å². The van der Waals surface area contributed by atoms with Crippen LogP contribution in [0.25, 0.3) is 0 Å². The van der Waals surface area contributed by atoms with Gasteiger partial charge in [-0.05, 0) is 32.0 Å². The molecule has 1 N–H and O–H groups in total. The van der Waals surface area contributed by atoms with Gasteiger partial charge < -0.3 is 10.2 Å². The number of benzene rings is 1. The molecule has 5 nitrogen and oxygen atoms in total. The number of hydrogen-bond donors (Lipinski definition) is 1. The zero-order chi connectivity index (χ0) is 16.9. The Morgan fingerprint density at radius 2 is 1.83 bits per heavy atom. The fourth-order valence-electron chi connectivity index (χ4n) is 2.89. The maximum absolute atomic E-state index is 13.0. The van der Waals surface area contributed by atoms with Crippen LogP contribution in [0, 0.1) is 0 Å². The van der Waals surface area contributed by atoms with Crippen LogP contribution < -0.4 is 5.32 Å². The number of nitrogens with one attached hydrogen (secondary N) is 1. The molecule has 0 unspecified atom stereocenters. The average Bonchev–Trinajstić information content (AvgIpc) is 2.54. The quantitative estimate of drug-likeness (QED) is 0.824. The molecular weight excluding hydrogens is 310 g/mol. The van der Waals surface area contributed by atoms with E-state index in [4.69, 9.17) is 0 Å². The minimum atomic E-state index is -3.41. The van der Waals surface area contributed by atoms with Crippen LogP contribution in [0.1, 0.15) is 32.3 Å². The summed E-state index contributed by atoms with van der Waals surface area (Å²) in [5, 5.41) is 3.43.